The van der Waals surface area contributed by atoms with Crippen molar-refractivity contribution in [3.8, 4) is 16.9 Å². The predicted molar refractivity (Wildman–Crippen MR) is 71.3 cm³/mol. The minimum Gasteiger partial charge on any atom is -0.508 e. The Morgan fingerprint density at radius 1 is 1.00 bits per heavy atom. The SMILES string of the molecule is Oc1cc(Br)cc(-c2ccc(Cl)cc2Cl)c1. The second kappa shape index (κ2) is 4.66. The third-order valence-corrected chi connectivity index (χ3v) is 3.13. The largest absolute Gasteiger partial charge is 0.508 e. The summed E-state index contributed by atoms with van der Waals surface area (Å²) in [6, 6.07) is 10.4. The quantitative estimate of drug-likeness (QED) is 0.773. The summed E-state index contributed by atoms with van der Waals surface area (Å²) in [5, 5.41) is 10.7. The van der Waals surface area contributed by atoms with E-state index in [-0.39, 0.29) is 5.75 Å². The number of aromatic hydroxyl groups is 1. The summed E-state index contributed by atoms with van der Waals surface area (Å²) in [5.41, 5.74) is 1.68. The zero-order chi connectivity index (χ0) is 11.7. The van der Waals surface area contributed by atoms with E-state index in [1.807, 2.05) is 12.1 Å². The van der Waals surface area contributed by atoms with Gasteiger partial charge in [-0.3, -0.25) is 0 Å². The molecule has 0 atom stereocenters. The molecule has 82 valence electrons. The van der Waals surface area contributed by atoms with E-state index in [0.29, 0.717) is 10.0 Å². The van der Waals surface area contributed by atoms with Gasteiger partial charge in [-0.15, -0.1) is 0 Å². The fourth-order valence-electron chi connectivity index (χ4n) is 1.45. The molecule has 1 N–H and O–H groups in total. The average molecular weight is 318 g/mol. The molecule has 0 heterocycles. The number of phenolic OH excluding ortho intramolecular Hbond substituents is 1. The van der Waals surface area contributed by atoms with Crippen molar-refractivity contribution in [1.29, 1.82) is 0 Å². The lowest BCUT2D eigenvalue weighted by Gasteiger charge is -2.06. The van der Waals surface area contributed by atoms with Gasteiger partial charge in [0.2, 0.25) is 0 Å². The number of hydrogen-bond donors (Lipinski definition) is 1. The number of benzene rings is 2. The first-order valence-corrected chi connectivity index (χ1v) is 6.06. The van der Waals surface area contributed by atoms with Gasteiger partial charge in [0.15, 0.2) is 0 Å². The minimum atomic E-state index is 0.190. The molecule has 0 aliphatic carbocycles. The molecular formula is C12H7BrCl2O. The maximum Gasteiger partial charge on any atom is 0.117 e. The van der Waals surface area contributed by atoms with Crippen LogP contribution in [0.25, 0.3) is 11.1 Å². The van der Waals surface area contributed by atoms with Crippen molar-refractivity contribution in [2.75, 3.05) is 0 Å². The molecule has 0 aromatic heterocycles. The maximum absolute atomic E-state index is 9.50. The van der Waals surface area contributed by atoms with Gasteiger partial charge in [0.05, 0.1) is 0 Å². The molecule has 0 spiro atoms. The fourth-order valence-corrected chi connectivity index (χ4v) is 2.45. The molecule has 0 saturated carbocycles. The predicted octanol–water partition coefficient (Wildman–Crippen LogP) is 5.13. The molecule has 2 aromatic rings. The van der Waals surface area contributed by atoms with Crippen LogP contribution in [0.5, 0.6) is 5.75 Å². The third-order valence-electron chi connectivity index (χ3n) is 2.12. The molecule has 0 unspecified atom stereocenters. The Kier molecular flexibility index (Phi) is 3.43. The molecule has 0 fully saturated rings. The lowest BCUT2D eigenvalue weighted by Crippen LogP contribution is -1.80. The molecule has 0 aliphatic heterocycles. The van der Waals surface area contributed by atoms with Crippen molar-refractivity contribution < 1.29 is 5.11 Å². The smallest absolute Gasteiger partial charge is 0.117 e. The summed E-state index contributed by atoms with van der Waals surface area (Å²) in [7, 11) is 0. The van der Waals surface area contributed by atoms with Gasteiger partial charge < -0.3 is 5.11 Å². The number of hydrogen-bond acceptors (Lipinski definition) is 1. The maximum atomic E-state index is 9.50. The first-order chi connectivity index (χ1) is 7.56. The summed E-state index contributed by atoms with van der Waals surface area (Å²) in [6.45, 7) is 0. The van der Waals surface area contributed by atoms with Gasteiger partial charge in [-0.2, -0.15) is 0 Å². The van der Waals surface area contributed by atoms with Gasteiger partial charge in [0.25, 0.3) is 0 Å². The summed E-state index contributed by atoms with van der Waals surface area (Å²) < 4.78 is 0.800. The molecule has 0 bridgehead atoms. The summed E-state index contributed by atoms with van der Waals surface area (Å²) in [4.78, 5) is 0. The molecule has 2 aromatic carbocycles. The molecule has 0 amide bonds. The van der Waals surface area contributed by atoms with Crippen molar-refractivity contribution in [3.05, 3.63) is 50.9 Å². The van der Waals surface area contributed by atoms with E-state index in [0.717, 1.165) is 15.6 Å². The van der Waals surface area contributed by atoms with Crippen molar-refractivity contribution in [2.24, 2.45) is 0 Å². The minimum absolute atomic E-state index is 0.190. The Morgan fingerprint density at radius 2 is 1.75 bits per heavy atom. The number of rotatable bonds is 1. The van der Waals surface area contributed by atoms with Crippen LogP contribution in [0.2, 0.25) is 10.0 Å². The molecule has 2 rings (SSSR count). The zero-order valence-corrected chi connectivity index (χ0v) is 11.1. The van der Waals surface area contributed by atoms with E-state index < -0.39 is 0 Å². The lowest BCUT2D eigenvalue weighted by molar-refractivity contribution is 0.475. The van der Waals surface area contributed by atoms with E-state index in [1.54, 1.807) is 24.3 Å². The Labute approximate surface area is 112 Å². The van der Waals surface area contributed by atoms with Crippen LogP contribution in [-0.2, 0) is 0 Å². The van der Waals surface area contributed by atoms with Crippen molar-refractivity contribution in [1.82, 2.24) is 0 Å². The standard InChI is InChI=1S/C12H7BrCl2O/c13-8-3-7(4-10(16)5-8)11-2-1-9(14)6-12(11)15/h1-6,16H. The van der Waals surface area contributed by atoms with Crippen LogP contribution in [0.4, 0.5) is 0 Å². The highest BCUT2D eigenvalue weighted by molar-refractivity contribution is 9.10. The van der Waals surface area contributed by atoms with E-state index in [4.69, 9.17) is 23.2 Å². The van der Waals surface area contributed by atoms with Gasteiger partial charge >= 0.3 is 0 Å². The molecule has 16 heavy (non-hydrogen) atoms. The number of phenols is 1. The Morgan fingerprint density at radius 3 is 2.38 bits per heavy atom. The van der Waals surface area contributed by atoms with Gasteiger partial charge in [0.1, 0.15) is 5.75 Å². The number of halogens is 3. The average Bonchev–Trinajstić information content (AvgIpc) is 2.15. The van der Waals surface area contributed by atoms with Crippen LogP contribution in [0, 0.1) is 0 Å². The van der Waals surface area contributed by atoms with Crippen LogP contribution >= 0.6 is 39.1 Å². The van der Waals surface area contributed by atoms with Gasteiger partial charge in [-0.05, 0) is 35.9 Å². The van der Waals surface area contributed by atoms with Crippen LogP contribution in [0.15, 0.2) is 40.9 Å². The highest BCUT2D eigenvalue weighted by atomic mass is 79.9. The molecule has 0 radical (unpaired) electrons. The van der Waals surface area contributed by atoms with Crippen molar-refractivity contribution in [3.63, 3.8) is 0 Å². The Bertz CT molecular complexity index is 520. The van der Waals surface area contributed by atoms with E-state index >= 15 is 0 Å². The Hall–Kier alpha value is -0.700. The molecule has 0 saturated heterocycles. The lowest BCUT2D eigenvalue weighted by atomic mass is 10.1. The molecular weight excluding hydrogens is 311 g/mol. The van der Waals surface area contributed by atoms with E-state index in [1.165, 1.54) is 0 Å². The normalized spacial score (nSPS) is 10.4. The van der Waals surface area contributed by atoms with Crippen molar-refractivity contribution >= 4 is 39.1 Å². The molecule has 1 nitrogen and oxygen atoms in total. The molecule has 4 heteroatoms. The highest BCUT2D eigenvalue weighted by Gasteiger charge is 2.06. The summed E-state index contributed by atoms with van der Waals surface area (Å²) in [5.74, 6) is 0.190. The van der Waals surface area contributed by atoms with E-state index in [9.17, 15) is 5.11 Å². The fraction of sp³-hybridized carbons (Fsp3) is 0. The van der Waals surface area contributed by atoms with E-state index in [2.05, 4.69) is 15.9 Å². The topological polar surface area (TPSA) is 20.2 Å². The van der Waals surface area contributed by atoms with Gasteiger partial charge in [-0.25, -0.2) is 0 Å². The summed E-state index contributed by atoms with van der Waals surface area (Å²) in [6.07, 6.45) is 0. The monoisotopic (exact) mass is 316 g/mol. The summed E-state index contributed by atoms with van der Waals surface area (Å²) >= 11 is 15.2. The van der Waals surface area contributed by atoms with Crippen LogP contribution in [-0.4, -0.2) is 5.11 Å². The zero-order valence-electron chi connectivity index (χ0n) is 8.05. The second-order valence-corrected chi connectivity index (χ2v) is 5.08. The van der Waals surface area contributed by atoms with Crippen LogP contribution in [0.1, 0.15) is 0 Å². The molecule has 0 aliphatic rings. The van der Waals surface area contributed by atoms with Crippen LogP contribution in [0.3, 0.4) is 0 Å². The van der Waals surface area contributed by atoms with Gasteiger partial charge in [0, 0.05) is 20.1 Å². The van der Waals surface area contributed by atoms with Crippen LogP contribution < -0.4 is 0 Å². The van der Waals surface area contributed by atoms with Gasteiger partial charge in [-0.1, -0.05) is 45.2 Å². The Balaban J connectivity index is 2.58. The third kappa shape index (κ3) is 2.51. The highest BCUT2D eigenvalue weighted by Crippen LogP contribution is 2.33. The second-order valence-electron chi connectivity index (χ2n) is 3.32. The first kappa shape index (κ1) is 11.8. The first-order valence-electron chi connectivity index (χ1n) is 4.51. The van der Waals surface area contributed by atoms with Crippen molar-refractivity contribution in [2.45, 2.75) is 0 Å².